The monoisotopic (exact) mass is 196 g/mol. The van der Waals surface area contributed by atoms with Crippen LogP contribution in [-0.2, 0) is 6.54 Å². The van der Waals surface area contributed by atoms with Crippen molar-refractivity contribution in [1.82, 2.24) is 9.55 Å². The topological polar surface area (TPSA) is 58.0 Å². The molecule has 0 spiro atoms. The van der Waals surface area contributed by atoms with Crippen molar-refractivity contribution < 1.29 is 5.11 Å². The molecule has 1 heterocycles. The van der Waals surface area contributed by atoms with Gasteiger partial charge in [-0.05, 0) is 12.8 Å². The maximum Gasteiger partial charge on any atom is 0.325 e. The molecule has 4 nitrogen and oxygen atoms in total. The number of nitrogens with one attached hydrogen (secondary N) is 1. The van der Waals surface area contributed by atoms with Gasteiger partial charge in [0.05, 0.1) is 12.1 Å². The largest absolute Gasteiger partial charge is 0.388 e. The van der Waals surface area contributed by atoms with Crippen molar-refractivity contribution in [1.29, 1.82) is 0 Å². The van der Waals surface area contributed by atoms with E-state index in [1.54, 1.807) is 17.0 Å². The SMILES string of the molecule is O=c1[nH]ccn1CC1(O)CCCCC1. The summed E-state index contributed by atoms with van der Waals surface area (Å²) < 4.78 is 1.55. The van der Waals surface area contributed by atoms with E-state index in [1.807, 2.05) is 0 Å². The molecular weight excluding hydrogens is 180 g/mol. The van der Waals surface area contributed by atoms with Crippen LogP contribution in [0, 0.1) is 0 Å². The van der Waals surface area contributed by atoms with E-state index < -0.39 is 5.60 Å². The van der Waals surface area contributed by atoms with Crippen LogP contribution in [0.2, 0.25) is 0 Å². The molecular formula is C10H16N2O2. The maximum atomic E-state index is 11.2. The van der Waals surface area contributed by atoms with E-state index in [0.29, 0.717) is 6.54 Å². The minimum atomic E-state index is -0.662. The van der Waals surface area contributed by atoms with Crippen molar-refractivity contribution in [2.45, 2.75) is 44.2 Å². The molecule has 1 aliphatic rings. The van der Waals surface area contributed by atoms with Gasteiger partial charge in [0.15, 0.2) is 0 Å². The summed E-state index contributed by atoms with van der Waals surface area (Å²) in [4.78, 5) is 13.8. The Hall–Kier alpha value is -1.03. The Morgan fingerprint density at radius 3 is 2.71 bits per heavy atom. The van der Waals surface area contributed by atoms with Crippen LogP contribution in [-0.4, -0.2) is 20.3 Å². The third-order valence-electron chi connectivity index (χ3n) is 2.97. The van der Waals surface area contributed by atoms with Crippen molar-refractivity contribution in [2.24, 2.45) is 0 Å². The lowest BCUT2D eigenvalue weighted by atomic mass is 9.85. The van der Waals surface area contributed by atoms with Gasteiger partial charge in [-0.2, -0.15) is 0 Å². The number of aromatic nitrogens is 2. The van der Waals surface area contributed by atoms with E-state index in [1.165, 1.54) is 6.42 Å². The standard InChI is InChI=1S/C10H16N2O2/c13-9-11-6-7-12(9)8-10(14)4-2-1-3-5-10/h6-7,14H,1-5,8H2,(H,11,13). The van der Waals surface area contributed by atoms with Gasteiger partial charge < -0.3 is 10.1 Å². The third-order valence-corrected chi connectivity index (χ3v) is 2.97. The molecule has 1 aliphatic carbocycles. The van der Waals surface area contributed by atoms with E-state index in [2.05, 4.69) is 4.98 Å². The van der Waals surface area contributed by atoms with Crippen molar-refractivity contribution in [2.75, 3.05) is 0 Å². The average Bonchev–Trinajstić information content (AvgIpc) is 2.52. The first-order valence-electron chi connectivity index (χ1n) is 5.16. The smallest absolute Gasteiger partial charge is 0.325 e. The second-order valence-corrected chi connectivity index (χ2v) is 4.18. The minimum Gasteiger partial charge on any atom is -0.388 e. The molecule has 78 valence electrons. The normalized spacial score (nSPS) is 20.9. The van der Waals surface area contributed by atoms with Gasteiger partial charge in [0.25, 0.3) is 0 Å². The number of hydrogen-bond acceptors (Lipinski definition) is 2. The molecule has 1 saturated carbocycles. The van der Waals surface area contributed by atoms with Gasteiger partial charge in [-0.25, -0.2) is 4.79 Å². The van der Waals surface area contributed by atoms with Crippen molar-refractivity contribution >= 4 is 0 Å². The van der Waals surface area contributed by atoms with Crippen LogP contribution in [0.5, 0.6) is 0 Å². The molecule has 2 N–H and O–H groups in total. The number of aliphatic hydroxyl groups is 1. The Morgan fingerprint density at radius 2 is 2.14 bits per heavy atom. The van der Waals surface area contributed by atoms with Crippen molar-refractivity contribution in [3.8, 4) is 0 Å². The Kier molecular flexibility index (Phi) is 2.46. The van der Waals surface area contributed by atoms with E-state index >= 15 is 0 Å². The van der Waals surface area contributed by atoms with E-state index in [-0.39, 0.29) is 5.69 Å². The molecule has 1 fully saturated rings. The zero-order valence-electron chi connectivity index (χ0n) is 8.20. The molecule has 1 aromatic heterocycles. The van der Waals surface area contributed by atoms with Gasteiger partial charge >= 0.3 is 5.69 Å². The highest BCUT2D eigenvalue weighted by Crippen LogP contribution is 2.28. The Labute approximate surface area is 82.6 Å². The predicted molar refractivity (Wildman–Crippen MR) is 53.1 cm³/mol. The minimum absolute atomic E-state index is 0.135. The Balaban J connectivity index is 2.09. The summed E-state index contributed by atoms with van der Waals surface area (Å²) in [5, 5.41) is 10.2. The molecule has 0 aliphatic heterocycles. The average molecular weight is 196 g/mol. The molecule has 0 saturated heterocycles. The van der Waals surface area contributed by atoms with Crippen LogP contribution in [0.4, 0.5) is 0 Å². The second-order valence-electron chi connectivity index (χ2n) is 4.18. The van der Waals surface area contributed by atoms with E-state index in [0.717, 1.165) is 25.7 Å². The highest BCUT2D eigenvalue weighted by atomic mass is 16.3. The molecule has 0 amide bonds. The van der Waals surface area contributed by atoms with E-state index in [9.17, 15) is 9.90 Å². The zero-order valence-corrected chi connectivity index (χ0v) is 8.20. The third kappa shape index (κ3) is 1.90. The zero-order chi connectivity index (χ0) is 10.0. The molecule has 0 unspecified atom stereocenters. The lowest BCUT2D eigenvalue weighted by molar-refractivity contribution is -0.0121. The molecule has 0 bridgehead atoms. The predicted octanol–water partition coefficient (Wildman–Crippen LogP) is 0.872. The second kappa shape index (κ2) is 3.61. The van der Waals surface area contributed by atoms with Gasteiger partial charge in [0.2, 0.25) is 0 Å². The maximum absolute atomic E-state index is 11.2. The molecule has 4 heteroatoms. The van der Waals surface area contributed by atoms with Gasteiger partial charge in [0.1, 0.15) is 0 Å². The summed E-state index contributed by atoms with van der Waals surface area (Å²) in [6.07, 6.45) is 8.24. The fourth-order valence-corrected chi connectivity index (χ4v) is 2.16. The van der Waals surface area contributed by atoms with Crippen LogP contribution < -0.4 is 5.69 Å². The first-order valence-corrected chi connectivity index (χ1v) is 5.16. The van der Waals surface area contributed by atoms with Gasteiger partial charge in [-0.1, -0.05) is 19.3 Å². The highest BCUT2D eigenvalue weighted by molar-refractivity contribution is 4.86. The van der Waals surface area contributed by atoms with Crippen LogP contribution in [0.3, 0.4) is 0 Å². The summed E-state index contributed by atoms with van der Waals surface area (Å²) in [5.41, 5.74) is -0.798. The lowest BCUT2D eigenvalue weighted by Gasteiger charge is -2.31. The first kappa shape index (κ1) is 9.52. The van der Waals surface area contributed by atoms with Crippen LogP contribution >= 0.6 is 0 Å². The number of imidazole rings is 1. The highest BCUT2D eigenvalue weighted by Gasteiger charge is 2.29. The number of aromatic amines is 1. The fraction of sp³-hybridized carbons (Fsp3) is 0.700. The number of hydrogen-bond donors (Lipinski definition) is 2. The van der Waals surface area contributed by atoms with Gasteiger partial charge in [-0.3, -0.25) is 4.57 Å². The summed E-state index contributed by atoms with van der Waals surface area (Å²) in [6, 6.07) is 0. The molecule has 2 rings (SSSR count). The van der Waals surface area contributed by atoms with Crippen molar-refractivity contribution in [3.05, 3.63) is 22.9 Å². The first-order chi connectivity index (χ1) is 6.70. The Bertz CT molecular complexity index is 347. The van der Waals surface area contributed by atoms with Crippen molar-refractivity contribution in [3.63, 3.8) is 0 Å². The quantitative estimate of drug-likeness (QED) is 0.737. The van der Waals surface area contributed by atoms with Crippen LogP contribution in [0.1, 0.15) is 32.1 Å². The lowest BCUT2D eigenvalue weighted by Crippen LogP contribution is -2.38. The van der Waals surface area contributed by atoms with E-state index in [4.69, 9.17) is 0 Å². The summed E-state index contributed by atoms with van der Waals surface area (Å²) in [6.45, 7) is 0.426. The summed E-state index contributed by atoms with van der Waals surface area (Å²) >= 11 is 0. The van der Waals surface area contributed by atoms with Gasteiger partial charge in [0, 0.05) is 12.4 Å². The molecule has 0 aromatic carbocycles. The molecule has 0 radical (unpaired) electrons. The number of rotatable bonds is 2. The van der Waals surface area contributed by atoms with Gasteiger partial charge in [-0.15, -0.1) is 0 Å². The summed E-state index contributed by atoms with van der Waals surface area (Å²) in [7, 11) is 0. The van der Waals surface area contributed by atoms with Crippen LogP contribution in [0.25, 0.3) is 0 Å². The molecule has 14 heavy (non-hydrogen) atoms. The number of nitrogens with zero attached hydrogens (tertiary/aromatic N) is 1. The number of H-pyrrole nitrogens is 1. The molecule has 1 aromatic rings. The van der Waals surface area contributed by atoms with Crippen LogP contribution in [0.15, 0.2) is 17.2 Å². The Morgan fingerprint density at radius 1 is 1.43 bits per heavy atom. The summed E-state index contributed by atoms with van der Waals surface area (Å²) in [5.74, 6) is 0. The fourth-order valence-electron chi connectivity index (χ4n) is 2.16. The molecule has 0 atom stereocenters.